The van der Waals surface area contributed by atoms with Crippen molar-refractivity contribution in [2.45, 2.75) is 6.92 Å². The normalized spacial score (nSPS) is 9.80. The summed E-state index contributed by atoms with van der Waals surface area (Å²) in [7, 11) is 3.26. The van der Waals surface area contributed by atoms with Gasteiger partial charge >= 0.3 is 5.97 Å². The first kappa shape index (κ1) is 11.2. The number of carboxylic acid groups (broad SMARTS) is 1. The van der Waals surface area contributed by atoms with E-state index in [9.17, 15) is 9.59 Å². The molecule has 0 fully saturated rings. The number of hydrogen-bond donors (Lipinski definition) is 1. The van der Waals surface area contributed by atoms with Gasteiger partial charge in [-0.3, -0.25) is 4.79 Å². The quantitative estimate of drug-likeness (QED) is 0.797. The van der Waals surface area contributed by atoms with E-state index < -0.39 is 5.97 Å². The molecule has 0 radical (unpaired) electrons. The third-order valence-corrected chi connectivity index (χ3v) is 1.98. The molecule has 0 unspecified atom stereocenters. The number of aromatic carboxylic acids is 1. The Morgan fingerprint density at radius 2 is 1.67 bits per heavy atom. The van der Waals surface area contributed by atoms with Crippen molar-refractivity contribution in [2.24, 2.45) is 0 Å². The summed E-state index contributed by atoms with van der Waals surface area (Å²) < 4.78 is 0. The van der Waals surface area contributed by atoms with Crippen molar-refractivity contribution in [2.75, 3.05) is 14.1 Å². The van der Waals surface area contributed by atoms with E-state index in [0.29, 0.717) is 5.56 Å². The topological polar surface area (TPSA) is 57.6 Å². The SMILES string of the molecule is Cc1cc(C(=O)O)cc(C(=O)N(C)C)c1. The molecule has 1 N–H and O–H groups in total. The summed E-state index contributed by atoms with van der Waals surface area (Å²) in [6.07, 6.45) is 0. The Bertz CT molecular complexity index is 410. The van der Waals surface area contributed by atoms with Crippen molar-refractivity contribution in [3.05, 3.63) is 34.9 Å². The lowest BCUT2D eigenvalue weighted by molar-refractivity contribution is 0.0696. The Labute approximate surface area is 88.1 Å². The van der Waals surface area contributed by atoms with Crippen LogP contribution in [-0.4, -0.2) is 36.0 Å². The molecule has 0 aliphatic carbocycles. The zero-order valence-corrected chi connectivity index (χ0v) is 8.94. The van der Waals surface area contributed by atoms with Crippen molar-refractivity contribution in [3.8, 4) is 0 Å². The van der Waals surface area contributed by atoms with E-state index in [1.54, 1.807) is 27.1 Å². The number of amides is 1. The molecule has 0 bridgehead atoms. The fourth-order valence-corrected chi connectivity index (χ4v) is 1.29. The molecule has 0 saturated carbocycles. The molecule has 0 spiro atoms. The van der Waals surface area contributed by atoms with Gasteiger partial charge in [-0.15, -0.1) is 0 Å². The van der Waals surface area contributed by atoms with Crippen molar-refractivity contribution < 1.29 is 14.7 Å². The van der Waals surface area contributed by atoms with Gasteiger partial charge in [-0.25, -0.2) is 4.79 Å². The van der Waals surface area contributed by atoms with E-state index in [1.165, 1.54) is 17.0 Å². The molecule has 4 heteroatoms. The van der Waals surface area contributed by atoms with Crippen LogP contribution < -0.4 is 0 Å². The van der Waals surface area contributed by atoms with Crippen LogP contribution in [0.25, 0.3) is 0 Å². The Morgan fingerprint density at radius 3 is 2.13 bits per heavy atom. The standard InChI is InChI=1S/C11H13NO3/c1-7-4-8(10(13)12(2)3)6-9(5-7)11(14)15/h4-6H,1-3H3,(H,14,15). The average molecular weight is 207 g/mol. The highest BCUT2D eigenvalue weighted by Gasteiger charge is 2.12. The number of carbonyl (C=O) groups excluding carboxylic acids is 1. The van der Waals surface area contributed by atoms with Crippen molar-refractivity contribution in [3.63, 3.8) is 0 Å². The molecule has 0 atom stereocenters. The minimum Gasteiger partial charge on any atom is -0.478 e. The van der Waals surface area contributed by atoms with Gasteiger partial charge in [-0.1, -0.05) is 0 Å². The predicted octanol–water partition coefficient (Wildman–Crippen LogP) is 1.40. The van der Waals surface area contributed by atoms with Crippen LogP contribution in [0.2, 0.25) is 0 Å². The van der Waals surface area contributed by atoms with Crippen LogP contribution in [0, 0.1) is 6.92 Å². The van der Waals surface area contributed by atoms with Crippen LogP contribution in [0.5, 0.6) is 0 Å². The molecule has 15 heavy (non-hydrogen) atoms. The van der Waals surface area contributed by atoms with E-state index in [0.717, 1.165) is 5.56 Å². The minimum atomic E-state index is -1.02. The Morgan fingerprint density at radius 1 is 1.13 bits per heavy atom. The summed E-state index contributed by atoms with van der Waals surface area (Å²) in [6.45, 7) is 1.76. The van der Waals surface area contributed by atoms with E-state index in [4.69, 9.17) is 5.11 Å². The van der Waals surface area contributed by atoms with Gasteiger partial charge in [0.25, 0.3) is 5.91 Å². The van der Waals surface area contributed by atoms with Gasteiger partial charge in [0.05, 0.1) is 5.56 Å². The third kappa shape index (κ3) is 2.56. The summed E-state index contributed by atoms with van der Waals surface area (Å²) in [5.74, 6) is -1.22. The van der Waals surface area contributed by atoms with Crippen LogP contribution in [-0.2, 0) is 0 Å². The van der Waals surface area contributed by atoms with Gasteiger partial charge < -0.3 is 10.0 Å². The summed E-state index contributed by atoms with van der Waals surface area (Å²) in [5.41, 5.74) is 1.30. The van der Waals surface area contributed by atoms with Crippen LogP contribution in [0.15, 0.2) is 18.2 Å². The van der Waals surface area contributed by atoms with Gasteiger partial charge in [0.2, 0.25) is 0 Å². The molecule has 0 heterocycles. The molecular formula is C11H13NO3. The van der Waals surface area contributed by atoms with E-state index in [-0.39, 0.29) is 11.5 Å². The smallest absolute Gasteiger partial charge is 0.335 e. The fourth-order valence-electron chi connectivity index (χ4n) is 1.29. The molecular weight excluding hydrogens is 194 g/mol. The maximum atomic E-state index is 11.6. The molecule has 0 aliphatic heterocycles. The molecule has 0 saturated heterocycles. The summed E-state index contributed by atoms with van der Waals surface area (Å²) in [5, 5.41) is 8.83. The number of aryl methyl sites for hydroxylation is 1. The highest BCUT2D eigenvalue weighted by molar-refractivity contribution is 5.97. The average Bonchev–Trinajstić information content (AvgIpc) is 2.15. The van der Waals surface area contributed by atoms with Gasteiger partial charge in [-0.2, -0.15) is 0 Å². The van der Waals surface area contributed by atoms with Gasteiger partial charge in [0, 0.05) is 19.7 Å². The number of carboxylic acids is 1. The summed E-state index contributed by atoms with van der Waals surface area (Å²) >= 11 is 0. The van der Waals surface area contributed by atoms with E-state index in [2.05, 4.69) is 0 Å². The summed E-state index contributed by atoms with van der Waals surface area (Å²) in [6, 6.07) is 4.60. The van der Waals surface area contributed by atoms with Crippen LogP contribution >= 0.6 is 0 Å². The Kier molecular flexibility index (Phi) is 3.09. The molecule has 1 aromatic rings. The lowest BCUT2D eigenvalue weighted by Gasteiger charge is -2.11. The maximum Gasteiger partial charge on any atom is 0.335 e. The molecule has 4 nitrogen and oxygen atoms in total. The first-order valence-electron chi connectivity index (χ1n) is 4.48. The lowest BCUT2D eigenvalue weighted by atomic mass is 10.1. The number of carbonyl (C=O) groups is 2. The monoisotopic (exact) mass is 207 g/mol. The second kappa shape index (κ2) is 4.13. The lowest BCUT2D eigenvalue weighted by Crippen LogP contribution is -2.22. The second-order valence-electron chi connectivity index (χ2n) is 3.59. The van der Waals surface area contributed by atoms with Gasteiger partial charge in [0.15, 0.2) is 0 Å². The molecule has 1 aromatic carbocycles. The number of hydrogen-bond acceptors (Lipinski definition) is 2. The zero-order chi connectivity index (χ0) is 11.6. The van der Waals surface area contributed by atoms with Crippen molar-refractivity contribution in [1.29, 1.82) is 0 Å². The molecule has 0 aromatic heterocycles. The highest BCUT2D eigenvalue weighted by atomic mass is 16.4. The number of benzene rings is 1. The first-order valence-corrected chi connectivity index (χ1v) is 4.48. The highest BCUT2D eigenvalue weighted by Crippen LogP contribution is 2.11. The zero-order valence-electron chi connectivity index (χ0n) is 8.94. The molecule has 1 rings (SSSR count). The van der Waals surface area contributed by atoms with E-state index >= 15 is 0 Å². The second-order valence-corrected chi connectivity index (χ2v) is 3.59. The van der Waals surface area contributed by atoms with Crippen LogP contribution in [0.4, 0.5) is 0 Å². The fraction of sp³-hybridized carbons (Fsp3) is 0.273. The van der Waals surface area contributed by atoms with Crippen LogP contribution in [0.3, 0.4) is 0 Å². The van der Waals surface area contributed by atoms with E-state index in [1.807, 2.05) is 0 Å². The maximum absolute atomic E-state index is 11.6. The van der Waals surface area contributed by atoms with Crippen LogP contribution in [0.1, 0.15) is 26.3 Å². The Balaban J connectivity index is 3.20. The third-order valence-electron chi connectivity index (χ3n) is 1.98. The van der Waals surface area contributed by atoms with Gasteiger partial charge in [-0.05, 0) is 30.7 Å². The van der Waals surface area contributed by atoms with Crippen molar-refractivity contribution >= 4 is 11.9 Å². The molecule has 0 aliphatic rings. The Hall–Kier alpha value is -1.84. The molecule has 80 valence electrons. The predicted molar refractivity (Wildman–Crippen MR) is 56.2 cm³/mol. The molecule has 1 amide bonds. The minimum absolute atomic E-state index is 0.139. The largest absolute Gasteiger partial charge is 0.478 e. The number of nitrogens with zero attached hydrogens (tertiary/aromatic N) is 1. The van der Waals surface area contributed by atoms with Crippen molar-refractivity contribution in [1.82, 2.24) is 4.90 Å². The summed E-state index contributed by atoms with van der Waals surface area (Å²) in [4.78, 5) is 23.8. The number of rotatable bonds is 2. The first-order chi connectivity index (χ1) is 6.91. The van der Waals surface area contributed by atoms with Gasteiger partial charge in [0.1, 0.15) is 0 Å².